The number of halogens is 1. The summed E-state index contributed by atoms with van der Waals surface area (Å²) in [6.07, 6.45) is 0.214. The van der Waals surface area contributed by atoms with E-state index in [1.807, 2.05) is 12.1 Å². The van der Waals surface area contributed by atoms with Gasteiger partial charge >= 0.3 is 0 Å². The van der Waals surface area contributed by atoms with Crippen LogP contribution in [0.1, 0.15) is 6.42 Å². The van der Waals surface area contributed by atoms with Crippen LogP contribution < -0.4 is 10.1 Å². The summed E-state index contributed by atoms with van der Waals surface area (Å²) >= 11 is 5.93. The third kappa shape index (κ3) is 4.17. The molecule has 0 aliphatic heterocycles. The Balaban J connectivity index is 1.78. The van der Waals surface area contributed by atoms with Crippen LogP contribution in [0.2, 0.25) is 5.02 Å². The Kier molecular flexibility index (Phi) is 4.85. The molecule has 2 rings (SSSR count). The molecule has 0 unspecified atom stereocenters. The van der Waals surface area contributed by atoms with Crippen molar-refractivity contribution in [2.75, 3.05) is 11.9 Å². The molecule has 0 aromatic heterocycles. The highest BCUT2D eigenvalue weighted by molar-refractivity contribution is 6.32. The Morgan fingerprint density at radius 2 is 1.85 bits per heavy atom. The van der Waals surface area contributed by atoms with Crippen molar-refractivity contribution in [2.45, 2.75) is 6.42 Å². The topological polar surface area (TPSA) is 58.6 Å². The molecule has 0 bridgehead atoms. The second-order valence-electron chi connectivity index (χ2n) is 4.12. The summed E-state index contributed by atoms with van der Waals surface area (Å²) < 4.78 is 5.43. The van der Waals surface area contributed by atoms with Gasteiger partial charge in [-0.3, -0.25) is 4.79 Å². The zero-order chi connectivity index (χ0) is 14.4. The first-order valence-electron chi connectivity index (χ1n) is 6.11. The number of para-hydroxylation sites is 1. The summed E-state index contributed by atoms with van der Waals surface area (Å²) in [6.45, 7) is 0.244. The van der Waals surface area contributed by atoms with Crippen LogP contribution in [0.3, 0.4) is 0 Å². The molecule has 2 N–H and O–H groups in total. The first kappa shape index (κ1) is 14.2. The van der Waals surface area contributed by atoms with Crippen molar-refractivity contribution in [1.82, 2.24) is 0 Å². The molecule has 0 aliphatic rings. The SMILES string of the molecule is O=C(CCOc1ccccc1Cl)Nc1ccc(O)cc1. The number of carbonyl (C=O) groups excluding carboxylic acids is 1. The van der Waals surface area contributed by atoms with E-state index in [1.165, 1.54) is 12.1 Å². The van der Waals surface area contributed by atoms with Crippen molar-refractivity contribution in [2.24, 2.45) is 0 Å². The van der Waals surface area contributed by atoms with E-state index < -0.39 is 0 Å². The van der Waals surface area contributed by atoms with E-state index in [4.69, 9.17) is 21.4 Å². The predicted octanol–water partition coefficient (Wildman–Crippen LogP) is 3.45. The molecule has 0 atom stereocenters. The number of phenolic OH excluding ortho intramolecular Hbond substituents is 1. The maximum Gasteiger partial charge on any atom is 0.227 e. The minimum absolute atomic E-state index is 0.157. The van der Waals surface area contributed by atoms with E-state index in [1.54, 1.807) is 24.3 Å². The molecule has 2 aromatic rings. The second-order valence-corrected chi connectivity index (χ2v) is 4.53. The van der Waals surface area contributed by atoms with Gasteiger partial charge in [0.25, 0.3) is 0 Å². The molecule has 2 aromatic carbocycles. The van der Waals surface area contributed by atoms with E-state index in [-0.39, 0.29) is 24.7 Å². The fourth-order valence-corrected chi connectivity index (χ4v) is 1.77. The molecule has 5 heteroatoms. The van der Waals surface area contributed by atoms with Gasteiger partial charge in [0.05, 0.1) is 18.1 Å². The molecule has 0 aliphatic carbocycles. The fourth-order valence-electron chi connectivity index (χ4n) is 1.58. The zero-order valence-corrected chi connectivity index (χ0v) is 11.4. The Morgan fingerprint density at radius 1 is 1.15 bits per heavy atom. The number of nitrogens with one attached hydrogen (secondary N) is 1. The Morgan fingerprint density at radius 3 is 2.55 bits per heavy atom. The Hall–Kier alpha value is -2.20. The number of anilines is 1. The van der Waals surface area contributed by atoms with Gasteiger partial charge in [-0.2, -0.15) is 0 Å². The molecule has 0 saturated carbocycles. The molecule has 4 nitrogen and oxygen atoms in total. The smallest absolute Gasteiger partial charge is 0.227 e. The van der Waals surface area contributed by atoms with Gasteiger partial charge in [0, 0.05) is 5.69 Å². The van der Waals surface area contributed by atoms with Crippen molar-refractivity contribution in [3.05, 3.63) is 53.6 Å². The number of carbonyl (C=O) groups is 1. The van der Waals surface area contributed by atoms with Crippen LogP contribution in [0, 0.1) is 0 Å². The molecular weight excluding hydrogens is 278 g/mol. The number of ether oxygens (including phenoxy) is 1. The van der Waals surface area contributed by atoms with Crippen LogP contribution in [-0.4, -0.2) is 17.6 Å². The lowest BCUT2D eigenvalue weighted by Crippen LogP contribution is -2.15. The lowest BCUT2D eigenvalue weighted by Gasteiger charge is -2.08. The van der Waals surface area contributed by atoms with Crippen LogP contribution >= 0.6 is 11.6 Å². The summed E-state index contributed by atoms with van der Waals surface area (Å²) in [6, 6.07) is 13.4. The van der Waals surface area contributed by atoms with Crippen molar-refractivity contribution < 1.29 is 14.6 Å². The summed E-state index contributed by atoms with van der Waals surface area (Å²) in [5, 5.41) is 12.4. The van der Waals surface area contributed by atoms with E-state index in [9.17, 15) is 4.79 Å². The Labute approximate surface area is 122 Å². The molecule has 0 saturated heterocycles. The monoisotopic (exact) mass is 291 g/mol. The number of hydrogen-bond donors (Lipinski definition) is 2. The lowest BCUT2D eigenvalue weighted by molar-refractivity contribution is -0.116. The summed E-state index contributed by atoms with van der Waals surface area (Å²) in [4.78, 5) is 11.7. The van der Waals surface area contributed by atoms with Gasteiger partial charge in [-0.25, -0.2) is 0 Å². The van der Waals surface area contributed by atoms with E-state index in [0.717, 1.165) is 0 Å². The molecule has 1 amide bonds. The summed E-state index contributed by atoms with van der Waals surface area (Å²) in [7, 11) is 0. The van der Waals surface area contributed by atoms with Crippen LogP contribution in [0.25, 0.3) is 0 Å². The highest BCUT2D eigenvalue weighted by Gasteiger charge is 2.04. The number of rotatable bonds is 5. The second kappa shape index (κ2) is 6.82. The summed E-state index contributed by atoms with van der Waals surface area (Å²) in [5.41, 5.74) is 0.630. The average molecular weight is 292 g/mol. The highest BCUT2D eigenvalue weighted by Crippen LogP contribution is 2.23. The number of amides is 1. The van der Waals surface area contributed by atoms with Crippen molar-refractivity contribution in [3.8, 4) is 11.5 Å². The van der Waals surface area contributed by atoms with Crippen LogP contribution in [-0.2, 0) is 4.79 Å². The van der Waals surface area contributed by atoms with Crippen LogP contribution in [0.15, 0.2) is 48.5 Å². The minimum Gasteiger partial charge on any atom is -0.508 e. The average Bonchev–Trinajstić information content (AvgIpc) is 2.43. The molecular formula is C15H14ClNO3. The molecule has 104 valence electrons. The number of aromatic hydroxyl groups is 1. The van der Waals surface area contributed by atoms with Crippen molar-refractivity contribution in [1.29, 1.82) is 0 Å². The maximum atomic E-state index is 11.7. The maximum absolute atomic E-state index is 11.7. The van der Waals surface area contributed by atoms with Gasteiger partial charge in [-0.15, -0.1) is 0 Å². The predicted molar refractivity (Wildman–Crippen MR) is 78.3 cm³/mol. The third-order valence-electron chi connectivity index (χ3n) is 2.57. The molecule has 0 heterocycles. The largest absolute Gasteiger partial charge is 0.508 e. The minimum atomic E-state index is -0.164. The van der Waals surface area contributed by atoms with Gasteiger partial charge in [0.15, 0.2) is 0 Å². The van der Waals surface area contributed by atoms with Crippen LogP contribution in [0.4, 0.5) is 5.69 Å². The van der Waals surface area contributed by atoms with Crippen molar-refractivity contribution >= 4 is 23.2 Å². The van der Waals surface area contributed by atoms with E-state index in [0.29, 0.717) is 16.5 Å². The quantitative estimate of drug-likeness (QED) is 0.830. The standard InChI is InChI=1S/C15H14ClNO3/c16-13-3-1-2-4-14(13)20-10-9-15(19)17-11-5-7-12(18)8-6-11/h1-8,18H,9-10H2,(H,17,19). The van der Waals surface area contributed by atoms with E-state index in [2.05, 4.69) is 5.32 Å². The highest BCUT2D eigenvalue weighted by atomic mass is 35.5. The normalized spacial score (nSPS) is 10.1. The van der Waals surface area contributed by atoms with Crippen molar-refractivity contribution in [3.63, 3.8) is 0 Å². The van der Waals surface area contributed by atoms with Gasteiger partial charge in [-0.1, -0.05) is 23.7 Å². The Bertz CT molecular complexity index is 584. The zero-order valence-electron chi connectivity index (χ0n) is 10.7. The van der Waals surface area contributed by atoms with E-state index >= 15 is 0 Å². The first-order valence-corrected chi connectivity index (χ1v) is 6.49. The molecule has 0 radical (unpaired) electrons. The van der Waals surface area contributed by atoms with Gasteiger partial charge in [0.1, 0.15) is 11.5 Å². The third-order valence-corrected chi connectivity index (χ3v) is 2.89. The molecule has 0 fully saturated rings. The van der Waals surface area contributed by atoms with Gasteiger partial charge in [0.2, 0.25) is 5.91 Å². The van der Waals surface area contributed by atoms with Crippen LogP contribution in [0.5, 0.6) is 11.5 Å². The fraction of sp³-hybridized carbons (Fsp3) is 0.133. The van der Waals surface area contributed by atoms with Gasteiger partial charge < -0.3 is 15.2 Å². The first-order chi connectivity index (χ1) is 9.65. The molecule has 0 spiro atoms. The molecule has 20 heavy (non-hydrogen) atoms. The number of phenols is 1. The number of benzene rings is 2. The lowest BCUT2D eigenvalue weighted by atomic mass is 10.3. The van der Waals surface area contributed by atoms with Gasteiger partial charge in [-0.05, 0) is 36.4 Å². The number of hydrogen-bond acceptors (Lipinski definition) is 3. The summed E-state index contributed by atoms with van der Waals surface area (Å²) in [5.74, 6) is 0.555.